The van der Waals surface area contributed by atoms with Gasteiger partial charge in [0.05, 0.1) is 36.8 Å². The van der Waals surface area contributed by atoms with Crippen LogP contribution in [-0.2, 0) is 6.61 Å². The third-order valence-electron chi connectivity index (χ3n) is 2.49. The van der Waals surface area contributed by atoms with Gasteiger partial charge < -0.3 is 15.1 Å². The van der Waals surface area contributed by atoms with Gasteiger partial charge in [-0.25, -0.2) is 4.98 Å². The van der Waals surface area contributed by atoms with Gasteiger partial charge in [-0.2, -0.15) is 0 Å². The van der Waals surface area contributed by atoms with E-state index in [0.29, 0.717) is 11.5 Å². The predicted molar refractivity (Wildman–Crippen MR) is 57.5 cm³/mol. The molecule has 0 aliphatic heterocycles. The molecule has 2 N–H and O–H groups in total. The van der Waals surface area contributed by atoms with E-state index in [4.69, 9.17) is 5.11 Å². The van der Waals surface area contributed by atoms with Crippen LogP contribution in [0.2, 0.25) is 0 Å². The molecule has 0 saturated carbocycles. The van der Waals surface area contributed by atoms with Gasteiger partial charge in [-0.3, -0.25) is 4.98 Å². The molecule has 5 nitrogen and oxygen atoms in total. The summed E-state index contributed by atoms with van der Waals surface area (Å²) in [6.07, 6.45) is 3.11. The second-order valence-corrected chi connectivity index (χ2v) is 4.05. The van der Waals surface area contributed by atoms with E-state index in [1.165, 1.54) is 6.20 Å². The van der Waals surface area contributed by atoms with Crippen molar-refractivity contribution < 1.29 is 10.2 Å². The lowest BCUT2D eigenvalue weighted by Gasteiger charge is -2.34. The number of likely N-dealkylation sites (N-methyl/N-ethyl adjacent to an activating group) is 1. The SMILES string of the molecule is CN(c1cnc(CO)cn1)C(C)(C)CO. The lowest BCUT2D eigenvalue weighted by molar-refractivity contribution is 0.215. The minimum Gasteiger partial charge on any atom is -0.394 e. The normalized spacial score (nSPS) is 11.5. The summed E-state index contributed by atoms with van der Waals surface area (Å²) in [6.45, 7) is 3.75. The molecule has 1 aromatic rings. The van der Waals surface area contributed by atoms with Crippen molar-refractivity contribution in [2.45, 2.75) is 26.0 Å². The minimum absolute atomic E-state index is 0.0347. The predicted octanol–water partition coefficient (Wildman–Crippen LogP) is 0.176. The molecule has 0 aliphatic rings. The van der Waals surface area contributed by atoms with Crippen LogP contribution < -0.4 is 4.90 Å². The number of aromatic nitrogens is 2. The first-order valence-electron chi connectivity index (χ1n) is 4.77. The molecule has 1 heterocycles. The number of hydrogen-bond acceptors (Lipinski definition) is 5. The van der Waals surface area contributed by atoms with E-state index in [9.17, 15) is 5.11 Å². The molecule has 0 spiro atoms. The highest BCUT2D eigenvalue weighted by Crippen LogP contribution is 2.18. The molecule has 0 unspecified atom stereocenters. The Morgan fingerprint density at radius 1 is 1.27 bits per heavy atom. The molecule has 0 fully saturated rings. The van der Waals surface area contributed by atoms with Crippen molar-refractivity contribution in [3.05, 3.63) is 18.1 Å². The number of rotatable bonds is 4. The van der Waals surface area contributed by atoms with E-state index in [0.717, 1.165) is 0 Å². The summed E-state index contributed by atoms with van der Waals surface area (Å²) in [4.78, 5) is 10.0. The van der Waals surface area contributed by atoms with E-state index in [2.05, 4.69) is 9.97 Å². The highest BCUT2D eigenvalue weighted by atomic mass is 16.3. The first kappa shape index (κ1) is 11.9. The smallest absolute Gasteiger partial charge is 0.147 e. The fourth-order valence-electron chi connectivity index (χ4n) is 1.02. The van der Waals surface area contributed by atoms with Gasteiger partial charge in [0.25, 0.3) is 0 Å². The van der Waals surface area contributed by atoms with Gasteiger partial charge in [0.15, 0.2) is 0 Å². The summed E-state index contributed by atoms with van der Waals surface area (Å²) in [7, 11) is 1.85. The zero-order valence-electron chi connectivity index (χ0n) is 9.30. The Hall–Kier alpha value is -1.20. The van der Waals surface area contributed by atoms with Crippen molar-refractivity contribution in [2.75, 3.05) is 18.6 Å². The van der Waals surface area contributed by atoms with Gasteiger partial charge in [-0.1, -0.05) is 0 Å². The number of hydrogen-bond donors (Lipinski definition) is 2. The molecule has 0 radical (unpaired) electrons. The van der Waals surface area contributed by atoms with E-state index in [-0.39, 0.29) is 18.8 Å². The van der Waals surface area contributed by atoms with Crippen molar-refractivity contribution in [1.82, 2.24) is 9.97 Å². The molecule has 84 valence electrons. The van der Waals surface area contributed by atoms with Crippen molar-refractivity contribution in [1.29, 1.82) is 0 Å². The number of anilines is 1. The first-order chi connectivity index (χ1) is 7.01. The molecule has 0 aromatic carbocycles. The Balaban J connectivity index is 2.87. The van der Waals surface area contributed by atoms with Crippen LogP contribution in [0.3, 0.4) is 0 Å². The Kier molecular flexibility index (Phi) is 3.60. The van der Waals surface area contributed by atoms with Gasteiger partial charge in [-0.05, 0) is 13.8 Å². The standard InChI is InChI=1S/C10H17N3O2/c1-10(2,7-15)13(3)9-5-11-8(6-14)4-12-9/h4-5,14-15H,6-7H2,1-3H3. The van der Waals surface area contributed by atoms with Gasteiger partial charge in [0.2, 0.25) is 0 Å². The van der Waals surface area contributed by atoms with Crippen LogP contribution in [-0.4, -0.2) is 39.4 Å². The third kappa shape index (κ3) is 2.64. The maximum Gasteiger partial charge on any atom is 0.147 e. The highest BCUT2D eigenvalue weighted by molar-refractivity contribution is 5.38. The van der Waals surface area contributed by atoms with Gasteiger partial charge in [0.1, 0.15) is 5.82 Å². The summed E-state index contributed by atoms with van der Waals surface area (Å²) in [5, 5.41) is 18.0. The van der Waals surface area contributed by atoms with Gasteiger partial charge in [0, 0.05) is 7.05 Å². The zero-order valence-corrected chi connectivity index (χ0v) is 9.30. The molecule has 1 aromatic heterocycles. The second kappa shape index (κ2) is 4.55. The average Bonchev–Trinajstić information content (AvgIpc) is 2.28. The maximum absolute atomic E-state index is 9.20. The van der Waals surface area contributed by atoms with Crippen molar-refractivity contribution in [3.8, 4) is 0 Å². The molecular formula is C10H17N3O2. The van der Waals surface area contributed by atoms with E-state index in [1.807, 2.05) is 25.8 Å². The average molecular weight is 211 g/mol. The first-order valence-corrected chi connectivity index (χ1v) is 4.77. The number of nitrogens with zero attached hydrogens (tertiary/aromatic N) is 3. The van der Waals surface area contributed by atoms with Crippen LogP contribution in [0.1, 0.15) is 19.5 Å². The summed E-state index contributed by atoms with van der Waals surface area (Å²) >= 11 is 0. The van der Waals surface area contributed by atoms with Crippen LogP contribution in [0, 0.1) is 0 Å². The maximum atomic E-state index is 9.20. The number of aliphatic hydroxyl groups excluding tert-OH is 2. The van der Waals surface area contributed by atoms with Gasteiger partial charge in [-0.15, -0.1) is 0 Å². The quantitative estimate of drug-likeness (QED) is 0.743. The Morgan fingerprint density at radius 2 is 1.93 bits per heavy atom. The van der Waals surface area contributed by atoms with E-state index in [1.54, 1.807) is 6.20 Å². The lowest BCUT2D eigenvalue weighted by atomic mass is 10.1. The summed E-state index contributed by atoms with van der Waals surface area (Å²) in [5.41, 5.74) is 0.157. The van der Waals surface area contributed by atoms with Crippen molar-refractivity contribution in [2.24, 2.45) is 0 Å². The highest BCUT2D eigenvalue weighted by Gasteiger charge is 2.23. The van der Waals surface area contributed by atoms with Crippen molar-refractivity contribution in [3.63, 3.8) is 0 Å². The third-order valence-corrected chi connectivity index (χ3v) is 2.49. The van der Waals surface area contributed by atoms with Crippen LogP contribution in [0.4, 0.5) is 5.82 Å². The fraction of sp³-hybridized carbons (Fsp3) is 0.600. The topological polar surface area (TPSA) is 69.5 Å². The Bertz CT molecular complexity index is 311. The Labute approximate surface area is 89.4 Å². The molecule has 0 saturated heterocycles. The lowest BCUT2D eigenvalue weighted by Crippen LogP contribution is -2.44. The molecule has 5 heteroatoms. The van der Waals surface area contributed by atoms with Crippen LogP contribution >= 0.6 is 0 Å². The molecule has 0 bridgehead atoms. The monoisotopic (exact) mass is 211 g/mol. The molecule has 0 aliphatic carbocycles. The largest absolute Gasteiger partial charge is 0.394 e. The van der Waals surface area contributed by atoms with Crippen LogP contribution in [0.25, 0.3) is 0 Å². The molecule has 0 atom stereocenters. The van der Waals surface area contributed by atoms with Crippen molar-refractivity contribution >= 4 is 5.82 Å². The molecular weight excluding hydrogens is 194 g/mol. The van der Waals surface area contributed by atoms with Crippen LogP contribution in [0.5, 0.6) is 0 Å². The van der Waals surface area contributed by atoms with E-state index >= 15 is 0 Å². The molecule has 15 heavy (non-hydrogen) atoms. The second-order valence-electron chi connectivity index (χ2n) is 4.05. The fourth-order valence-corrected chi connectivity index (χ4v) is 1.02. The zero-order chi connectivity index (χ0) is 11.5. The summed E-state index contributed by atoms with van der Waals surface area (Å²) < 4.78 is 0. The van der Waals surface area contributed by atoms with Gasteiger partial charge >= 0.3 is 0 Å². The summed E-state index contributed by atoms with van der Waals surface area (Å²) in [6, 6.07) is 0. The summed E-state index contributed by atoms with van der Waals surface area (Å²) in [5.74, 6) is 0.672. The van der Waals surface area contributed by atoms with Crippen LogP contribution in [0.15, 0.2) is 12.4 Å². The molecule has 1 rings (SSSR count). The number of aliphatic hydroxyl groups is 2. The minimum atomic E-state index is -0.380. The molecule has 0 amide bonds. The van der Waals surface area contributed by atoms with E-state index < -0.39 is 0 Å². The Morgan fingerprint density at radius 3 is 2.33 bits per heavy atom.